The van der Waals surface area contributed by atoms with E-state index in [2.05, 4.69) is 5.32 Å². The molecule has 0 saturated heterocycles. The highest BCUT2D eigenvalue weighted by Crippen LogP contribution is 2.22. The Morgan fingerprint density at radius 1 is 1.14 bits per heavy atom. The minimum absolute atomic E-state index is 0.108. The summed E-state index contributed by atoms with van der Waals surface area (Å²) in [5.41, 5.74) is 1.73. The van der Waals surface area contributed by atoms with Crippen LogP contribution in [-0.2, 0) is 0 Å². The molecule has 0 spiro atoms. The van der Waals surface area contributed by atoms with Gasteiger partial charge in [0.1, 0.15) is 0 Å². The van der Waals surface area contributed by atoms with Crippen LogP contribution in [0.5, 0.6) is 0 Å². The topological polar surface area (TPSA) is 67.2 Å². The molecule has 0 radical (unpaired) electrons. The first-order valence-electron chi connectivity index (χ1n) is 9.80. The third-order valence-corrected chi connectivity index (χ3v) is 5.09. The summed E-state index contributed by atoms with van der Waals surface area (Å²) >= 11 is 0. The fraction of sp³-hybridized carbons (Fsp3) is 0.318. The quantitative estimate of drug-likeness (QED) is 0.718. The zero-order valence-electron chi connectivity index (χ0n) is 16.2. The summed E-state index contributed by atoms with van der Waals surface area (Å²) in [6.45, 7) is 5.52. The van der Waals surface area contributed by atoms with Crippen molar-refractivity contribution in [1.29, 1.82) is 0 Å². The predicted octanol–water partition coefficient (Wildman–Crippen LogP) is 3.12. The van der Waals surface area contributed by atoms with Crippen molar-refractivity contribution in [2.24, 2.45) is 0 Å². The average Bonchev–Trinajstić information content (AvgIpc) is 3.53. The van der Waals surface area contributed by atoms with Crippen LogP contribution in [0, 0.1) is 0 Å². The molecule has 1 aromatic heterocycles. The second kappa shape index (κ2) is 7.46. The fourth-order valence-electron chi connectivity index (χ4n) is 3.34. The number of nitrogens with zero attached hydrogens (tertiary/aromatic N) is 3. The zero-order valence-corrected chi connectivity index (χ0v) is 16.2. The second-order valence-electron chi connectivity index (χ2n) is 7.04. The van der Waals surface area contributed by atoms with Crippen LogP contribution in [0.2, 0.25) is 0 Å². The highest BCUT2D eigenvalue weighted by molar-refractivity contribution is 5.98. The summed E-state index contributed by atoms with van der Waals surface area (Å²) in [7, 11) is 0. The summed E-state index contributed by atoms with van der Waals surface area (Å²) in [5.74, 6) is 0.483. The highest BCUT2D eigenvalue weighted by Gasteiger charge is 2.24. The molecular formula is C22H24N4O2. The van der Waals surface area contributed by atoms with Gasteiger partial charge in [0.15, 0.2) is 0 Å². The van der Waals surface area contributed by atoms with Crippen molar-refractivity contribution in [2.75, 3.05) is 18.0 Å². The molecule has 1 saturated carbocycles. The number of aromatic nitrogens is 2. The Kier molecular flexibility index (Phi) is 4.86. The first kappa shape index (κ1) is 18.2. The van der Waals surface area contributed by atoms with Gasteiger partial charge in [-0.05, 0) is 57.0 Å². The van der Waals surface area contributed by atoms with E-state index in [9.17, 15) is 9.59 Å². The van der Waals surface area contributed by atoms with Crippen LogP contribution in [0.25, 0.3) is 16.6 Å². The molecular weight excluding hydrogens is 352 g/mol. The molecule has 1 aliphatic rings. The molecule has 1 N–H and O–H groups in total. The lowest BCUT2D eigenvalue weighted by atomic mass is 10.1. The van der Waals surface area contributed by atoms with Crippen molar-refractivity contribution in [1.82, 2.24) is 14.9 Å². The Labute approximate surface area is 163 Å². The zero-order chi connectivity index (χ0) is 19.7. The van der Waals surface area contributed by atoms with E-state index < -0.39 is 0 Å². The minimum atomic E-state index is -0.132. The van der Waals surface area contributed by atoms with Gasteiger partial charge in [-0.3, -0.25) is 9.59 Å². The molecule has 1 aliphatic carbocycles. The largest absolute Gasteiger partial charge is 0.349 e. The van der Waals surface area contributed by atoms with E-state index >= 15 is 0 Å². The SMILES string of the molecule is CCN(CC)c1nc2cc(C(=O)NC3CC3)ccc2c(=O)n1-c1ccccc1. The summed E-state index contributed by atoms with van der Waals surface area (Å²) in [4.78, 5) is 32.6. The van der Waals surface area contributed by atoms with Gasteiger partial charge in [-0.1, -0.05) is 18.2 Å². The van der Waals surface area contributed by atoms with Crippen LogP contribution in [0.15, 0.2) is 53.3 Å². The van der Waals surface area contributed by atoms with Crippen LogP contribution in [-0.4, -0.2) is 34.6 Å². The molecule has 0 bridgehead atoms. The van der Waals surface area contributed by atoms with Gasteiger partial charge in [-0.25, -0.2) is 9.55 Å². The van der Waals surface area contributed by atoms with E-state index in [0.717, 1.165) is 31.6 Å². The van der Waals surface area contributed by atoms with Gasteiger partial charge in [0.2, 0.25) is 5.95 Å². The third kappa shape index (κ3) is 3.38. The molecule has 4 rings (SSSR count). The molecule has 0 unspecified atom stereocenters. The Hall–Kier alpha value is -3.15. The van der Waals surface area contributed by atoms with Crippen molar-refractivity contribution < 1.29 is 4.79 Å². The predicted molar refractivity (Wildman–Crippen MR) is 111 cm³/mol. The number of carbonyl (C=O) groups is 1. The first-order valence-corrected chi connectivity index (χ1v) is 9.80. The van der Waals surface area contributed by atoms with Crippen molar-refractivity contribution >= 4 is 22.8 Å². The Morgan fingerprint density at radius 3 is 2.50 bits per heavy atom. The Balaban J connectivity index is 1.90. The summed E-state index contributed by atoms with van der Waals surface area (Å²) in [6.07, 6.45) is 2.07. The van der Waals surface area contributed by atoms with E-state index in [1.54, 1.807) is 22.8 Å². The maximum Gasteiger partial charge on any atom is 0.267 e. The van der Waals surface area contributed by atoms with Gasteiger partial charge >= 0.3 is 0 Å². The fourth-order valence-corrected chi connectivity index (χ4v) is 3.34. The monoisotopic (exact) mass is 376 g/mol. The van der Waals surface area contributed by atoms with Crippen molar-refractivity contribution in [2.45, 2.75) is 32.7 Å². The Morgan fingerprint density at radius 2 is 1.86 bits per heavy atom. The van der Waals surface area contributed by atoms with Crippen LogP contribution in [0.3, 0.4) is 0 Å². The lowest BCUT2D eigenvalue weighted by Gasteiger charge is -2.24. The van der Waals surface area contributed by atoms with Gasteiger partial charge < -0.3 is 10.2 Å². The number of para-hydroxylation sites is 1. The van der Waals surface area contributed by atoms with Gasteiger partial charge in [0, 0.05) is 24.7 Å². The highest BCUT2D eigenvalue weighted by atomic mass is 16.1. The number of carbonyl (C=O) groups excluding carboxylic acids is 1. The molecule has 144 valence electrons. The lowest BCUT2D eigenvalue weighted by Crippen LogP contribution is -2.32. The number of nitrogens with one attached hydrogen (secondary N) is 1. The molecule has 1 heterocycles. The van der Waals surface area contributed by atoms with E-state index in [4.69, 9.17) is 4.98 Å². The second-order valence-corrected chi connectivity index (χ2v) is 7.04. The van der Waals surface area contributed by atoms with E-state index in [-0.39, 0.29) is 17.5 Å². The number of benzene rings is 2. The molecule has 3 aromatic rings. The van der Waals surface area contributed by atoms with Crippen LogP contribution >= 0.6 is 0 Å². The summed E-state index contributed by atoms with van der Waals surface area (Å²) in [5, 5.41) is 3.49. The smallest absolute Gasteiger partial charge is 0.267 e. The van der Waals surface area contributed by atoms with Gasteiger partial charge in [0.25, 0.3) is 11.5 Å². The molecule has 0 atom stereocenters. The standard InChI is InChI=1S/C22H24N4O2/c1-3-25(4-2)22-24-19-14-15(20(27)23-16-11-12-16)10-13-18(19)21(28)26(22)17-8-6-5-7-9-17/h5-10,13-14,16H,3-4,11-12H2,1-2H3,(H,23,27). The van der Waals surface area contributed by atoms with Gasteiger partial charge in [-0.15, -0.1) is 0 Å². The normalized spacial score (nSPS) is 13.5. The molecule has 1 amide bonds. The first-order chi connectivity index (χ1) is 13.6. The van der Waals surface area contributed by atoms with Crippen LogP contribution < -0.4 is 15.8 Å². The number of hydrogen-bond donors (Lipinski definition) is 1. The molecule has 1 fully saturated rings. The van der Waals surface area contributed by atoms with E-state index in [1.807, 2.05) is 49.1 Å². The van der Waals surface area contributed by atoms with E-state index in [1.165, 1.54) is 0 Å². The molecule has 6 heteroatoms. The summed E-state index contributed by atoms with van der Waals surface area (Å²) < 4.78 is 1.65. The number of fused-ring (bicyclic) bond motifs is 1. The Bertz CT molecular complexity index is 1070. The van der Waals surface area contributed by atoms with E-state index in [0.29, 0.717) is 22.4 Å². The number of hydrogen-bond acceptors (Lipinski definition) is 4. The maximum absolute atomic E-state index is 13.4. The summed E-state index contributed by atoms with van der Waals surface area (Å²) in [6, 6.07) is 15.0. The molecule has 28 heavy (non-hydrogen) atoms. The van der Waals surface area contributed by atoms with Crippen molar-refractivity contribution in [3.63, 3.8) is 0 Å². The number of amides is 1. The average molecular weight is 376 g/mol. The molecule has 0 aliphatic heterocycles. The molecule has 2 aromatic carbocycles. The molecule has 6 nitrogen and oxygen atoms in total. The van der Waals surface area contributed by atoms with Crippen LogP contribution in [0.1, 0.15) is 37.0 Å². The maximum atomic E-state index is 13.4. The number of rotatable bonds is 6. The number of anilines is 1. The minimum Gasteiger partial charge on any atom is -0.349 e. The van der Waals surface area contributed by atoms with Crippen LogP contribution in [0.4, 0.5) is 5.95 Å². The third-order valence-electron chi connectivity index (χ3n) is 5.09. The van der Waals surface area contributed by atoms with Gasteiger partial charge in [-0.2, -0.15) is 0 Å². The van der Waals surface area contributed by atoms with Crippen molar-refractivity contribution in [3.8, 4) is 5.69 Å². The van der Waals surface area contributed by atoms with Gasteiger partial charge in [0.05, 0.1) is 16.6 Å². The van der Waals surface area contributed by atoms with Crippen molar-refractivity contribution in [3.05, 3.63) is 64.4 Å². The lowest BCUT2D eigenvalue weighted by molar-refractivity contribution is 0.0951.